The molecule has 0 radical (unpaired) electrons. The van der Waals surface area contributed by atoms with E-state index in [1.54, 1.807) is 7.05 Å². The normalized spacial score (nSPS) is 11.7. The van der Waals surface area contributed by atoms with Crippen LogP contribution in [0.4, 0.5) is 0 Å². The third-order valence-corrected chi connectivity index (χ3v) is 4.39. The van der Waals surface area contributed by atoms with Gasteiger partial charge in [-0.25, -0.2) is 4.79 Å². The van der Waals surface area contributed by atoms with Crippen LogP contribution in [0.1, 0.15) is 32.3 Å². The summed E-state index contributed by atoms with van der Waals surface area (Å²) in [5.41, 5.74) is 1.42. The Kier molecular flexibility index (Phi) is 3.79. The molecule has 3 aromatic rings. The quantitative estimate of drug-likeness (QED) is 0.728. The molecule has 0 bridgehead atoms. The Bertz CT molecular complexity index is 1010. The van der Waals surface area contributed by atoms with Crippen LogP contribution in [0.25, 0.3) is 22.1 Å². The molecule has 0 aliphatic rings. The summed E-state index contributed by atoms with van der Waals surface area (Å²) < 4.78 is 4.58. The van der Waals surface area contributed by atoms with Crippen LogP contribution in [0.2, 0.25) is 0 Å². The van der Waals surface area contributed by atoms with Crippen molar-refractivity contribution >= 4 is 22.1 Å². The Morgan fingerprint density at radius 3 is 2.35 bits per heavy atom. The lowest BCUT2D eigenvalue weighted by Gasteiger charge is -2.08. The molecule has 3 heterocycles. The van der Waals surface area contributed by atoms with Crippen LogP contribution >= 0.6 is 0 Å². The second-order valence-electron chi connectivity index (χ2n) is 5.86. The first-order valence-corrected chi connectivity index (χ1v) is 7.95. The average molecular weight is 315 g/mol. The second-order valence-corrected chi connectivity index (χ2v) is 5.86. The SMILES string of the molecule is CCCCn1cc(CC)c2c3c(=O)n(C)c(=O)n(C)c3nnc21. The van der Waals surface area contributed by atoms with Gasteiger partial charge in [0.15, 0.2) is 11.3 Å². The zero-order chi connectivity index (χ0) is 16.7. The van der Waals surface area contributed by atoms with Crippen molar-refractivity contribution in [2.75, 3.05) is 0 Å². The van der Waals surface area contributed by atoms with Gasteiger partial charge in [0.05, 0.1) is 5.39 Å². The zero-order valence-corrected chi connectivity index (χ0v) is 14.0. The highest BCUT2D eigenvalue weighted by Gasteiger charge is 2.19. The third kappa shape index (κ3) is 2.18. The van der Waals surface area contributed by atoms with Crippen molar-refractivity contribution in [2.45, 2.75) is 39.7 Å². The van der Waals surface area contributed by atoms with E-state index in [1.807, 2.05) is 0 Å². The summed E-state index contributed by atoms with van der Waals surface area (Å²) in [5.74, 6) is 0. The van der Waals surface area contributed by atoms with Crippen LogP contribution in [0, 0.1) is 0 Å². The van der Waals surface area contributed by atoms with Crippen LogP contribution in [0.5, 0.6) is 0 Å². The average Bonchev–Trinajstić information content (AvgIpc) is 2.93. The van der Waals surface area contributed by atoms with Gasteiger partial charge >= 0.3 is 5.69 Å². The summed E-state index contributed by atoms with van der Waals surface area (Å²) in [5, 5.41) is 9.78. The van der Waals surface area contributed by atoms with Crippen molar-refractivity contribution in [1.82, 2.24) is 23.9 Å². The molecule has 7 heteroatoms. The number of rotatable bonds is 4. The zero-order valence-electron chi connectivity index (χ0n) is 14.0. The minimum absolute atomic E-state index is 0.314. The van der Waals surface area contributed by atoms with Gasteiger partial charge in [-0.05, 0) is 18.4 Å². The Balaban J connectivity index is 2.50. The van der Waals surface area contributed by atoms with Crippen molar-refractivity contribution < 1.29 is 0 Å². The molecule has 23 heavy (non-hydrogen) atoms. The summed E-state index contributed by atoms with van der Waals surface area (Å²) in [6.45, 7) is 5.04. The Hall–Kier alpha value is -2.44. The summed E-state index contributed by atoms with van der Waals surface area (Å²) in [6, 6.07) is 0. The molecular formula is C16H21N5O2. The smallest absolute Gasteiger partial charge is 0.331 e. The minimum atomic E-state index is -0.389. The Labute approximate surface area is 133 Å². The van der Waals surface area contributed by atoms with Crippen LogP contribution in [0.3, 0.4) is 0 Å². The molecule has 0 aliphatic carbocycles. The van der Waals surface area contributed by atoms with Gasteiger partial charge in [-0.3, -0.25) is 13.9 Å². The number of aryl methyl sites for hydroxylation is 3. The highest BCUT2D eigenvalue weighted by molar-refractivity contribution is 6.03. The monoisotopic (exact) mass is 315 g/mol. The van der Waals surface area contributed by atoms with Gasteiger partial charge in [0.2, 0.25) is 0 Å². The van der Waals surface area contributed by atoms with E-state index >= 15 is 0 Å². The highest BCUT2D eigenvalue weighted by atomic mass is 16.2. The molecule has 0 aliphatic heterocycles. The topological polar surface area (TPSA) is 74.7 Å². The maximum absolute atomic E-state index is 12.7. The molecule has 0 saturated carbocycles. The first-order chi connectivity index (χ1) is 11.0. The van der Waals surface area contributed by atoms with E-state index in [0.29, 0.717) is 11.0 Å². The maximum atomic E-state index is 12.7. The second kappa shape index (κ2) is 5.64. The summed E-state index contributed by atoms with van der Waals surface area (Å²) >= 11 is 0. The predicted octanol–water partition coefficient (Wildman–Crippen LogP) is 1.34. The van der Waals surface area contributed by atoms with Gasteiger partial charge in [0, 0.05) is 32.2 Å². The first-order valence-electron chi connectivity index (χ1n) is 7.95. The van der Waals surface area contributed by atoms with E-state index in [-0.39, 0.29) is 11.2 Å². The van der Waals surface area contributed by atoms with Crippen LogP contribution < -0.4 is 11.2 Å². The fourth-order valence-corrected chi connectivity index (χ4v) is 3.01. The van der Waals surface area contributed by atoms with Gasteiger partial charge in [0.1, 0.15) is 0 Å². The minimum Gasteiger partial charge on any atom is -0.331 e. The molecule has 122 valence electrons. The summed E-state index contributed by atoms with van der Waals surface area (Å²) in [6.07, 6.45) is 4.97. The maximum Gasteiger partial charge on any atom is 0.332 e. The molecule has 0 spiro atoms. The van der Waals surface area contributed by atoms with Crippen molar-refractivity contribution in [3.8, 4) is 0 Å². The van der Waals surface area contributed by atoms with E-state index < -0.39 is 0 Å². The third-order valence-electron chi connectivity index (χ3n) is 4.39. The van der Waals surface area contributed by atoms with E-state index in [4.69, 9.17) is 0 Å². The molecule has 0 amide bonds. The van der Waals surface area contributed by atoms with Crippen molar-refractivity contribution in [1.29, 1.82) is 0 Å². The number of fused-ring (bicyclic) bond motifs is 3. The van der Waals surface area contributed by atoms with Gasteiger partial charge in [-0.15, -0.1) is 10.2 Å². The van der Waals surface area contributed by atoms with E-state index in [2.05, 4.69) is 34.8 Å². The fourth-order valence-electron chi connectivity index (χ4n) is 3.01. The number of nitrogens with zero attached hydrogens (tertiary/aromatic N) is 5. The molecular weight excluding hydrogens is 294 g/mol. The Morgan fingerprint density at radius 1 is 1.00 bits per heavy atom. The fraction of sp³-hybridized carbons (Fsp3) is 0.500. The molecule has 0 atom stereocenters. The standard InChI is InChI=1S/C16H21N5O2/c1-5-7-8-21-9-10(6-2)11-12-13(17-18-14(11)21)19(3)16(23)20(4)15(12)22/h9H,5-8H2,1-4H3. The van der Waals surface area contributed by atoms with Gasteiger partial charge in [0.25, 0.3) is 5.56 Å². The molecule has 0 fully saturated rings. The summed E-state index contributed by atoms with van der Waals surface area (Å²) in [7, 11) is 3.11. The molecule has 7 nitrogen and oxygen atoms in total. The number of hydrogen-bond acceptors (Lipinski definition) is 4. The van der Waals surface area contributed by atoms with Crippen molar-refractivity contribution in [3.63, 3.8) is 0 Å². The number of hydrogen-bond donors (Lipinski definition) is 0. The van der Waals surface area contributed by atoms with E-state index in [0.717, 1.165) is 47.0 Å². The molecule has 0 unspecified atom stereocenters. The van der Waals surface area contributed by atoms with E-state index in [1.165, 1.54) is 11.6 Å². The molecule has 0 saturated heterocycles. The van der Waals surface area contributed by atoms with Gasteiger partial charge < -0.3 is 4.57 Å². The molecule has 3 rings (SSSR count). The van der Waals surface area contributed by atoms with Crippen molar-refractivity contribution in [2.24, 2.45) is 14.1 Å². The highest BCUT2D eigenvalue weighted by Crippen LogP contribution is 2.25. The Morgan fingerprint density at radius 2 is 1.70 bits per heavy atom. The molecule has 0 N–H and O–H groups in total. The number of aromatic nitrogens is 5. The number of unbranched alkanes of at least 4 members (excludes halogenated alkanes) is 1. The molecule has 3 aromatic heterocycles. The van der Waals surface area contributed by atoms with Crippen LogP contribution in [-0.2, 0) is 27.1 Å². The van der Waals surface area contributed by atoms with Gasteiger partial charge in [-0.1, -0.05) is 20.3 Å². The lowest BCUT2D eigenvalue weighted by atomic mass is 10.1. The molecule has 0 aromatic carbocycles. The van der Waals surface area contributed by atoms with Gasteiger partial charge in [-0.2, -0.15) is 0 Å². The van der Waals surface area contributed by atoms with Crippen LogP contribution in [0.15, 0.2) is 15.8 Å². The lowest BCUT2D eigenvalue weighted by molar-refractivity contribution is 0.641. The lowest BCUT2D eigenvalue weighted by Crippen LogP contribution is -2.37. The predicted molar refractivity (Wildman–Crippen MR) is 89.8 cm³/mol. The van der Waals surface area contributed by atoms with Crippen LogP contribution in [-0.4, -0.2) is 23.9 Å². The largest absolute Gasteiger partial charge is 0.332 e. The summed E-state index contributed by atoms with van der Waals surface area (Å²) in [4.78, 5) is 24.8. The first kappa shape index (κ1) is 15.5. The van der Waals surface area contributed by atoms with Crippen molar-refractivity contribution in [3.05, 3.63) is 32.6 Å². The van der Waals surface area contributed by atoms with E-state index in [9.17, 15) is 9.59 Å².